The van der Waals surface area contributed by atoms with E-state index in [4.69, 9.17) is 11.1 Å². The maximum absolute atomic E-state index is 14.7. The second kappa shape index (κ2) is 8.50. The van der Waals surface area contributed by atoms with Crippen LogP contribution in [0.5, 0.6) is 0 Å². The van der Waals surface area contributed by atoms with Crippen molar-refractivity contribution in [3.63, 3.8) is 0 Å². The van der Waals surface area contributed by atoms with Gasteiger partial charge >= 0.3 is 0 Å². The largest absolute Gasteiger partial charge is 0.383 e. The Kier molecular flexibility index (Phi) is 5.87. The smallest absolute Gasteiger partial charge is 0.165 e. The van der Waals surface area contributed by atoms with Gasteiger partial charge in [0.2, 0.25) is 0 Å². The first kappa shape index (κ1) is 19.3. The molecule has 0 aliphatic rings. The number of hydrogen-bond acceptors (Lipinski definition) is 5. The number of nitrogens with two attached hydrogens (primary N) is 1. The summed E-state index contributed by atoms with van der Waals surface area (Å²) in [7, 11) is 0. The standard InChI is InChI=1S/C20H13F3N4S/c21-14-2-1-3-15(9-14)28-27-18-7-6-17(22)16(19(18)23)5-4-12-8-13(10-24)20(25)26-11-12/h1-3,6-11,24,27H,(H2,25,26). The van der Waals surface area contributed by atoms with Gasteiger partial charge in [-0.3, -0.25) is 0 Å². The van der Waals surface area contributed by atoms with Crippen LogP contribution in [0.2, 0.25) is 0 Å². The Balaban J connectivity index is 1.86. The van der Waals surface area contributed by atoms with Gasteiger partial charge in [0.1, 0.15) is 17.5 Å². The molecule has 0 aliphatic carbocycles. The highest BCUT2D eigenvalue weighted by atomic mass is 32.2. The van der Waals surface area contributed by atoms with Crippen LogP contribution in [0.25, 0.3) is 0 Å². The van der Waals surface area contributed by atoms with Gasteiger partial charge in [0, 0.05) is 28.4 Å². The van der Waals surface area contributed by atoms with Crippen LogP contribution in [0.4, 0.5) is 24.7 Å². The normalized spacial score (nSPS) is 10.1. The molecule has 0 bridgehead atoms. The van der Waals surface area contributed by atoms with E-state index in [9.17, 15) is 13.2 Å². The molecule has 140 valence electrons. The zero-order valence-corrected chi connectivity index (χ0v) is 15.1. The third kappa shape index (κ3) is 4.45. The topological polar surface area (TPSA) is 74.8 Å². The van der Waals surface area contributed by atoms with Crippen LogP contribution >= 0.6 is 11.9 Å². The van der Waals surface area contributed by atoms with Gasteiger partial charge in [-0.25, -0.2) is 18.2 Å². The van der Waals surface area contributed by atoms with Crippen LogP contribution in [0, 0.1) is 34.7 Å². The molecule has 0 fully saturated rings. The highest BCUT2D eigenvalue weighted by Crippen LogP contribution is 2.26. The van der Waals surface area contributed by atoms with Crippen LogP contribution in [-0.4, -0.2) is 11.2 Å². The number of aromatic nitrogens is 1. The van der Waals surface area contributed by atoms with E-state index >= 15 is 0 Å². The first-order valence-electron chi connectivity index (χ1n) is 7.92. The van der Waals surface area contributed by atoms with Crippen molar-refractivity contribution in [2.75, 3.05) is 10.5 Å². The maximum atomic E-state index is 14.7. The van der Waals surface area contributed by atoms with Crippen molar-refractivity contribution in [3.05, 3.63) is 82.8 Å². The molecule has 0 radical (unpaired) electrons. The summed E-state index contributed by atoms with van der Waals surface area (Å²) in [5.74, 6) is 3.13. The van der Waals surface area contributed by atoms with Gasteiger partial charge in [-0.05, 0) is 48.3 Å². The molecule has 4 nitrogen and oxygen atoms in total. The lowest BCUT2D eigenvalue weighted by Gasteiger charge is -2.08. The van der Waals surface area contributed by atoms with Gasteiger partial charge in [0.15, 0.2) is 5.82 Å². The number of anilines is 2. The Morgan fingerprint density at radius 3 is 2.68 bits per heavy atom. The molecule has 0 unspecified atom stereocenters. The Labute approximate surface area is 163 Å². The molecule has 3 rings (SSSR count). The lowest BCUT2D eigenvalue weighted by molar-refractivity contribution is 0.580. The van der Waals surface area contributed by atoms with Crippen molar-refractivity contribution in [1.29, 1.82) is 5.41 Å². The van der Waals surface area contributed by atoms with Crippen LogP contribution in [0.3, 0.4) is 0 Å². The zero-order valence-electron chi connectivity index (χ0n) is 14.3. The van der Waals surface area contributed by atoms with Crippen molar-refractivity contribution in [3.8, 4) is 11.8 Å². The number of hydrogen-bond donors (Lipinski definition) is 3. The average Bonchev–Trinajstić information content (AvgIpc) is 2.68. The third-order valence-electron chi connectivity index (χ3n) is 3.60. The van der Waals surface area contributed by atoms with E-state index in [2.05, 4.69) is 21.5 Å². The lowest BCUT2D eigenvalue weighted by atomic mass is 10.1. The lowest BCUT2D eigenvalue weighted by Crippen LogP contribution is -1.98. The predicted octanol–water partition coefficient (Wildman–Crippen LogP) is 4.60. The third-order valence-corrected chi connectivity index (χ3v) is 4.41. The minimum Gasteiger partial charge on any atom is -0.383 e. The summed E-state index contributed by atoms with van der Waals surface area (Å²) in [6.07, 6.45) is 2.37. The van der Waals surface area contributed by atoms with Crippen LogP contribution in [0.15, 0.2) is 53.6 Å². The van der Waals surface area contributed by atoms with Crippen molar-refractivity contribution in [1.82, 2.24) is 4.98 Å². The minimum atomic E-state index is -0.868. The van der Waals surface area contributed by atoms with E-state index in [0.717, 1.165) is 24.2 Å². The number of nitrogens with one attached hydrogen (secondary N) is 2. The first-order valence-corrected chi connectivity index (χ1v) is 8.74. The second-order valence-electron chi connectivity index (χ2n) is 5.54. The zero-order chi connectivity index (χ0) is 20.1. The summed E-state index contributed by atoms with van der Waals surface area (Å²) in [4.78, 5) is 4.42. The first-order chi connectivity index (χ1) is 13.5. The molecule has 8 heteroatoms. The Bertz CT molecular complexity index is 1110. The van der Waals surface area contributed by atoms with E-state index < -0.39 is 23.0 Å². The summed E-state index contributed by atoms with van der Waals surface area (Å²) < 4.78 is 44.7. The maximum Gasteiger partial charge on any atom is 0.165 e. The van der Waals surface area contributed by atoms with Crippen molar-refractivity contribution in [2.45, 2.75) is 4.90 Å². The van der Waals surface area contributed by atoms with E-state index in [1.807, 2.05) is 0 Å². The fourth-order valence-electron chi connectivity index (χ4n) is 2.20. The number of nitrogen functional groups attached to an aromatic ring is 1. The quantitative estimate of drug-likeness (QED) is 0.341. The number of pyridine rings is 1. The van der Waals surface area contributed by atoms with Crippen LogP contribution < -0.4 is 10.5 Å². The Morgan fingerprint density at radius 2 is 1.93 bits per heavy atom. The molecule has 28 heavy (non-hydrogen) atoms. The van der Waals surface area contributed by atoms with E-state index in [0.29, 0.717) is 16.0 Å². The summed E-state index contributed by atoms with van der Waals surface area (Å²) in [6, 6.07) is 9.59. The van der Waals surface area contributed by atoms with Gasteiger partial charge in [0.05, 0.1) is 11.3 Å². The second-order valence-corrected chi connectivity index (χ2v) is 6.42. The number of nitrogens with zero attached hydrogens (tertiary/aromatic N) is 1. The van der Waals surface area contributed by atoms with Crippen molar-refractivity contribution < 1.29 is 13.2 Å². The number of halogens is 3. The fourth-order valence-corrected chi connectivity index (χ4v) is 2.90. The molecule has 3 aromatic rings. The predicted molar refractivity (Wildman–Crippen MR) is 105 cm³/mol. The summed E-state index contributed by atoms with van der Waals surface area (Å²) in [6.45, 7) is 0. The average molecular weight is 398 g/mol. The molecule has 0 saturated carbocycles. The summed E-state index contributed by atoms with van der Waals surface area (Å²) >= 11 is 0.988. The van der Waals surface area contributed by atoms with Crippen molar-refractivity contribution >= 4 is 29.7 Å². The molecule has 0 spiro atoms. The van der Waals surface area contributed by atoms with E-state index in [-0.39, 0.29) is 11.5 Å². The molecular weight excluding hydrogens is 385 g/mol. The molecule has 1 aromatic heterocycles. The number of rotatable bonds is 4. The molecule has 0 saturated heterocycles. The monoisotopic (exact) mass is 398 g/mol. The van der Waals surface area contributed by atoms with Gasteiger partial charge in [0.25, 0.3) is 0 Å². The highest BCUT2D eigenvalue weighted by molar-refractivity contribution is 8.00. The Morgan fingerprint density at radius 1 is 1.11 bits per heavy atom. The molecule has 2 aromatic carbocycles. The molecule has 0 atom stereocenters. The van der Waals surface area contributed by atoms with Gasteiger partial charge in [-0.15, -0.1) is 0 Å². The Hall–Kier alpha value is -3.44. The van der Waals surface area contributed by atoms with Crippen LogP contribution in [0.1, 0.15) is 16.7 Å². The SMILES string of the molecule is N=Cc1cc(C#Cc2c(F)ccc(NSc3cccc(F)c3)c2F)cnc1N. The highest BCUT2D eigenvalue weighted by Gasteiger charge is 2.12. The fraction of sp³-hybridized carbons (Fsp3) is 0. The summed E-state index contributed by atoms with van der Waals surface area (Å²) in [5, 5.41) is 7.26. The van der Waals surface area contributed by atoms with Crippen molar-refractivity contribution in [2.24, 2.45) is 0 Å². The molecule has 0 aliphatic heterocycles. The minimum absolute atomic E-state index is 0.00979. The van der Waals surface area contributed by atoms with Gasteiger partial charge in [-0.1, -0.05) is 17.9 Å². The molecular formula is C20H13F3N4S. The van der Waals surface area contributed by atoms with Crippen LogP contribution in [-0.2, 0) is 0 Å². The van der Waals surface area contributed by atoms with E-state index in [1.165, 1.54) is 36.5 Å². The number of benzene rings is 2. The summed E-state index contributed by atoms with van der Waals surface area (Å²) in [5.41, 5.74) is 5.91. The molecule has 1 heterocycles. The van der Waals surface area contributed by atoms with Gasteiger partial charge in [-0.2, -0.15) is 0 Å². The molecule has 4 N–H and O–H groups in total. The molecule has 0 amide bonds. The van der Waals surface area contributed by atoms with Gasteiger partial charge < -0.3 is 15.9 Å². The van der Waals surface area contributed by atoms with E-state index in [1.54, 1.807) is 6.07 Å².